The summed E-state index contributed by atoms with van der Waals surface area (Å²) in [7, 11) is -3.47. The predicted octanol–water partition coefficient (Wildman–Crippen LogP) is 1.77. The third kappa shape index (κ3) is 2.20. The van der Waals surface area contributed by atoms with E-state index in [1.54, 1.807) is 24.3 Å². The molecular weight excluding hydrogens is 238 g/mol. The molecule has 0 unspecified atom stereocenters. The van der Waals surface area contributed by atoms with Crippen molar-refractivity contribution in [3.8, 4) is 0 Å². The number of hydrogen-bond donors (Lipinski definition) is 0. The Morgan fingerprint density at radius 3 is 2.71 bits per heavy atom. The molecule has 0 bridgehead atoms. The Hall–Kier alpha value is -1.36. The molecule has 92 valence electrons. The van der Waals surface area contributed by atoms with Crippen molar-refractivity contribution < 1.29 is 13.2 Å². The van der Waals surface area contributed by atoms with Gasteiger partial charge in [0.25, 0.3) is 5.91 Å². The number of benzene rings is 1. The summed E-state index contributed by atoms with van der Waals surface area (Å²) in [4.78, 5) is 12.1. The highest BCUT2D eigenvalue weighted by Gasteiger charge is 2.34. The third-order valence-corrected chi connectivity index (χ3v) is 4.56. The number of nitrogens with zero attached hydrogens (tertiary/aromatic N) is 1. The lowest BCUT2D eigenvalue weighted by Gasteiger charge is -2.27. The standard InChI is InChI=1S/C12H15NO3S/c1-2-3-8-13-12(14)11-7-5-4-6-10(11)9-17(13,15)16/h4-7H,2-3,8-9H2,1H3. The fourth-order valence-corrected chi connectivity index (χ4v) is 3.49. The van der Waals surface area contributed by atoms with Crippen molar-refractivity contribution in [2.45, 2.75) is 25.5 Å². The van der Waals surface area contributed by atoms with Crippen LogP contribution in [0.25, 0.3) is 0 Å². The van der Waals surface area contributed by atoms with Gasteiger partial charge in [-0.25, -0.2) is 12.7 Å². The first-order valence-electron chi connectivity index (χ1n) is 5.69. The molecule has 0 atom stereocenters. The number of rotatable bonds is 3. The highest BCUT2D eigenvalue weighted by molar-refractivity contribution is 7.89. The highest BCUT2D eigenvalue weighted by Crippen LogP contribution is 2.24. The van der Waals surface area contributed by atoms with E-state index in [1.807, 2.05) is 6.92 Å². The van der Waals surface area contributed by atoms with Gasteiger partial charge in [-0.05, 0) is 18.1 Å². The van der Waals surface area contributed by atoms with E-state index in [-0.39, 0.29) is 18.2 Å². The van der Waals surface area contributed by atoms with Crippen LogP contribution in [0.1, 0.15) is 35.7 Å². The second kappa shape index (κ2) is 4.49. The van der Waals surface area contributed by atoms with Crippen LogP contribution >= 0.6 is 0 Å². The maximum atomic E-state index is 12.1. The molecule has 0 saturated heterocycles. The van der Waals surface area contributed by atoms with Gasteiger partial charge in [0.2, 0.25) is 10.0 Å². The minimum atomic E-state index is -3.47. The molecule has 1 aliphatic heterocycles. The van der Waals surface area contributed by atoms with Crippen LogP contribution in [-0.4, -0.2) is 25.2 Å². The number of hydrogen-bond acceptors (Lipinski definition) is 3. The van der Waals surface area contributed by atoms with Gasteiger partial charge in [-0.3, -0.25) is 4.79 Å². The van der Waals surface area contributed by atoms with Gasteiger partial charge in [0, 0.05) is 12.1 Å². The smallest absolute Gasteiger partial charge is 0.267 e. The molecular formula is C12H15NO3S. The van der Waals surface area contributed by atoms with Crippen LogP contribution in [0.5, 0.6) is 0 Å². The van der Waals surface area contributed by atoms with Gasteiger partial charge in [-0.1, -0.05) is 31.5 Å². The lowest BCUT2D eigenvalue weighted by Crippen LogP contribution is -2.42. The summed E-state index contributed by atoms with van der Waals surface area (Å²) in [6, 6.07) is 6.89. The molecule has 1 amide bonds. The molecule has 2 rings (SSSR count). The normalized spacial score (nSPS) is 17.9. The number of fused-ring (bicyclic) bond motifs is 1. The molecule has 0 aliphatic carbocycles. The molecule has 17 heavy (non-hydrogen) atoms. The molecule has 1 aromatic rings. The van der Waals surface area contributed by atoms with E-state index in [2.05, 4.69) is 0 Å². The van der Waals surface area contributed by atoms with Crippen LogP contribution in [0, 0.1) is 0 Å². The van der Waals surface area contributed by atoms with Crippen molar-refractivity contribution >= 4 is 15.9 Å². The number of amides is 1. The zero-order valence-corrected chi connectivity index (χ0v) is 10.5. The first-order chi connectivity index (χ1) is 8.06. The monoisotopic (exact) mass is 253 g/mol. The average molecular weight is 253 g/mol. The second-order valence-corrected chi connectivity index (χ2v) is 6.04. The maximum absolute atomic E-state index is 12.1. The molecule has 4 nitrogen and oxygen atoms in total. The van der Waals surface area contributed by atoms with Gasteiger partial charge in [0.15, 0.2) is 0 Å². The molecule has 0 radical (unpaired) electrons. The van der Waals surface area contributed by atoms with Crippen LogP contribution in [0.2, 0.25) is 0 Å². The molecule has 0 aromatic heterocycles. The van der Waals surface area contributed by atoms with Crippen molar-refractivity contribution in [2.24, 2.45) is 0 Å². The lowest BCUT2D eigenvalue weighted by atomic mass is 10.1. The molecule has 1 aliphatic rings. The summed E-state index contributed by atoms with van der Waals surface area (Å²) in [5.74, 6) is -0.459. The SMILES string of the molecule is CCCCN1C(=O)c2ccccc2CS1(=O)=O. The number of unbranched alkanes of at least 4 members (excludes halogenated alkanes) is 1. The van der Waals surface area contributed by atoms with E-state index in [1.165, 1.54) is 0 Å². The van der Waals surface area contributed by atoms with Crippen molar-refractivity contribution in [3.63, 3.8) is 0 Å². The van der Waals surface area contributed by atoms with E-state index in [4.69, 9.17) is 0 Å². The number of carbonyl (C=O) groups excluding carboxylic acids is 1. The molecule has 5 heteroatoms. The predicted molar refractivity (Wildman–Crippen MR) is 65.0 cm³/mol. The molecule has 0 spiro atoms. The Balaban J connectivity index is 2.40. The first-order valence-corrected chi connectivity index (χ1v) is 7.30. The van der Waals surface area contributed by atoms with E-state index in [9.17, 15) is 13.2 Å². The summed E-state index contributed by atoms with van der Waals surface area (Å²) in [5.41, 5.74) is 1.11. The molecule has 1 aromatic carbocycles. The van der Waals surface area contributed by atoms with E-state index < -0.39 is 10.0 Å². The van der Waals surface area contributed by atoms with Crippen molar-refractivity contribution in [1.82, 2.24) is 4.31 Å². The summed E-state index contributed by atoms with van der Waals surface area (Å²) in [6.45, 7) is 2.25. The van der Waals surface area contributed by atoms with Crippen molar-refractivity contribution in [1.29, 1.82) is 0 Å². The zero-order valence-electron chi connectivity index (χ0n) is 9.72. The Kier molecular flexibility index (Phi) is 3.19. The second-order valence-electron chi connectivity index (χ2n) is 4.14. The van der Waals surface area contributed by atoms with Crippen LogP contribution in [-0.2, 0) is 15.8 Å². The fourth-order valence-electron chi connectivity index (χ4n) is 1.93. The summed E-state index contributed by atoms with van der Waals surface area (Å²) in [6.07, 6.45) is 1.56. The van der Waals surface area contributed by atoms with Gasteiger partial charge in [-0.15, -0.1) is 0 Å². The van der Waals surface area contributed by atoms with Gasteiger partial charge in [-0.2, -0.15) is 0 Å². The quantitative estimate of drug-likeness (QED) is 0.825. The zero-order chi connectivity index (χ0) is 12.5. The van der Waals surface area contributed by atoms with E-state index in [0.717, 1.165) is 10.7 Å². The Bertz CT molecular complexity index is 536. The summed E-state index contributed by atoms with van der Waals surface area (Å²) in [5, 5.41) is 0. The van der Waals surface area contributed by atoms with Gasteiger partial charge < -0.3 is 0 Å². The Morgan fingerprint density at radius 2 is 2.00 bits per heavy atom. The molecule has 1 heterocycles. The van der Waals surface area contributed by atoms with Gasteiger partial charge in [0.1, 0.15) is 0 Å². The maximum Gasteiger partial charge on any atom is 0.267 e. The average Bonchev–Trinajstić information content (AvgIpc) is 2.28. The molecule has 0 N–H and O–H groups in total. The minimum absolute atomic E-state index is 0.0708. The van der Waals surface area contributed by atoms with E-state index >= 15 is 0 Å². The van der Waals surface area contributed by atoms with Gasteiger partial charge in [0.05, 0.1) is 5.75 Å². The number of sulfonamides is 1. The van der Waals surface area contributed by atoms with Crippen LogP contribution < -0.4 is 0 Å². The highest BCUT2D eigenvalue weighted by atomic mass is 32.2. The van der Waals surface area contributed by atoms with Crippen LogP contribution in [0.3, 0.4) is 0 Å². The molecule has 0 saturated carbocycles. The minimum Gasteiger partial charge on any atom is -0.268 e. The Labute approximate surface area is 101 Å². The summed E-state index contributed by atoms with van der Waals surface area (Å²) >= 11 is 0. The number of carbonyl (C=O) groups is 1. The summed E-state index contributed by atoms with van der Waals surface area (Å²) < 4.78 is 24.9. The largest absolute Gasteiger partial charge is 0.268 e. The van der Waals surface area contributed by atoms with E-state index in [0.29, 0.717) is 17.5 Å². The molecule has 0 fully saturated rings. The fraction of sp³-hybridized carbons (Fsp3) is 0.417. The first kappa shape index (κ1) is 12.1. The Morgan fingerprint density at radius 1 is 1.29 bits per heavy atom. The van der Waals surface area contributed by atoms with Crippen LogP contribution in [0.4, 0.5) is 0 Å². The lowest BCUT2D eigenvalue weighted by molar-refractivity contribution is 0.0854. The third-order valence-electron chi connectivity index (χ3n) is 2.86. The van der Waals surface area contributed by atoms with Crippen molar-refractivity contribution in [2.75, 3.05) is 6.54 Å². The topological polar surface area (TPSA) is 54.5 Å². The van der Waals surface area contributed by atoms with Gasteiger partial charge >= 0.3 is 0 Å². The van der Waals surface area contributed by atoms with Crippen LogP contribution in [0.15, 0.2) is 24.3 Å². The van der Waals surface area contributed by atoms with Crippen molar-refractivity contribution in [3.05, 3.63) is 35.4 Å².